The van der Waals surface area contributed by atoms with Gasteiger partial charge < -0.3 is 15.5 Å². The molecule has 1 fully saturated rings. The number of nitrogens with zero attached hydrogens (tertiary/aromatic N) is 4. The van der Waals surface area contributed by atoms with E-state index in [4.69, 9.17) is 0 Å². The molecule has 4 rings (SSSR count). The lowest BCUT2D eigenvalue weighted by atomic mass is 10.3. The Morgan fingerprint density at radius 1 is 1.14 bits per heavy atom. The fourth-order valence-electron chi connectivity index (χ4n) is 3.24. The van der Waals surface area contributed by atoms with E-state index in [0.717, 1.165) is 49.7 Å². The zero-order valence-electron chi connectivity index (χ0n) is 15.7. The largest absolute Gasteiger partial charge is 0.349 e. The molecule has 1 aromatic carbocycles. The second-order valence-corrected chi connectivity index (χ2v) is 7.63. The van der Waals surface area contributed by atoms with Gasteiger partial charge in [0.05, 0.1) is 10.6 Å². The van der Waals surface area contributed by atoms with Crippen LogP contribution in [0.15, 0.2) is 47.8 Å². The van der Waals surface area contributed by atoms with Crippen LogP contribution in [0.1, 0.15) is 17.0 Å². The van der Waals surface area contributed by atoms with Gasteiger partial charge in [-0.05, 0) is 36.5 Å². The number of aromatic nitrogens is 3. The molecule has 0 aliphatic carbocycles. The van der Waals surface area contributed by atoms with Crippen LogP contribution in [0.5, 0.6) is 0 Å². The van der Waals surface area contributed by atoms with Crippen LogP contribution in [0.3, 0.4) is 0 Å². The molecular formula is C20H24N6OS. The molecule has 0 saturated carbocycles. The van der Waals surface area contributed by atoms with E-state index in [1.165, 1.54) is 0 Å². The number of para-hydroxylation sites is 1. The summed E-state index contributed by atoms with van der Waals surface area (Å²) >= 11 is 1.58. The minimum Gasteiger partial charge on any atom is -0.349 e. The lowest BCUT2D eigenvalue weighted by Gasteiger charge is -2.26. The maximum absolute atomic E-state index is 12.6. The number of piperazine rings is 1. The number of nitrogens with one attached hydrogen (secondary N) is 2. The highest BCUT2D eigenvalue weighted by Crippen LogP contribution is 2.25. The smallest absolute Gasteiger partial charge is 0.290 e. The van der Waals surface area contributed by atoms with Gasteiger partial charge in [-0.2, -0.15) is 0 Å². The van der Waals surface area contributed by atoms with Crippen molar-refractivity contribution in [3.05, 3.63) is 53.7 Å². The molecule has 3 aromatic rings. The third-order valence-electron chi connectivity index (χ3n) is 4.70. The fourth-order valence-corrected chi connectivity index (χ4v) is 3.94. The van der Waals surface area contributed by atoms with Crippen molar-refractivity contribution >= 4 is 17.2 Å². The normalized spacial score (nSPS) is 14.9. The summed E-state index contributed by atoms with van der Waals surface area (Å²) in [5.74, 6) is 0.661. The van der Waals surface area contributed by atoms with Crippen molar-refractivity contribution in [2.45, 2.75) is 6.42 Å². The highest BCUT2D eigenvalue weighted by Gasteiger charge is 2.19. The van der Waals surface area contributed by atoms with E-state index in [1.54, 1.807) is 16.0 Å². The first-order valence-electron chi connectivity index (χ1n) is 9.59. The molecule has 146 valence electrons. The number of benzene rings is 1. The van der Waals surface area contributed by atoms with E-state index in [2.05, 4.69) is 25.6 Å². The second kappa shape index (κ2) is 9.09. The van der Waals surface area contributed by atoms with E-state index in [1.807, 2.05) is 47.8 Å². The van der Waals surface area contributed by atoms with E-state index in [-0.39, 0.29) is 11.7 Å². The van der Waals surface area contributed by atoms with Gasteiger partial charge in [0, 0.05) is 32.7 Å². The monoisotopic (exact) mass is 396 g/mol. The average Bonchev–Trinajstić information content (AvgIpc) is 3.42. The number of carbonyl (C=O) groups excluding carboxylic acids is 1. The zero-order chi connectivity index (χ0) is 19.2. The van der Waals surface area contributed by atoms with Crippen molar-refractivity contribution in [2.24, 2.45) is 0 Å². The number of thiophene rings is 1. The highest BCUT2D eigenvalue weighted by molar-refractivity contribution is 7.13. The Kier molecular flexibility index (Phi) is 6.11. The molecule has 3 heterocycles. The van der Waals surface area contributed by atoms with Gasteiger partial charge in [-0.15, -0.1) is 16.4 Å². The number of hydrogen-bond donors (Lipinski definition) is 2. The van der Waals surface area contributed by atoms with E-state index in [0.29, 0.717) is 12.4 Å². The zero-order valence-corrected chi connectivity index (χ0v) is 16.5. The summed E-state index contributed by atoms with van der Waals surface area (Å²) in [5.41, 5.74) is 0.885. The average molecular weight is 397 g/mol. The molecule has 7 nitrogen and oxygen atoms in total. The van der Waals surface area contributed by atoms with Gasteiger partial charge in [0.15, 0.2) is 5.82 Å². The van der Waals surface area contributed by atoms with Crippen molar-refractivity contribution in [1.82, 2.24) is 30.3 Å². The highest BCUT2D eigenvalue weighted by atomic mass is 32.1. The fraction of sp³-hybridized carbons (Fsp3) is 0.350. The van der Waals surface area contributed by atoms with Crippen molar-refractivity contribution in [2.75, 3.05) is 39.3 Å². The molecule has 0 unspecified atom stereocenters. The Bertz CT molecular complexity index is 887. The Labute approximate surface area is 168 Å². The molecule has 1 saturated heterocycles. The molecule has 8 heteroatoms. The molecule has 0 spiro atoms. The number of hydrogen-bond acceptors (Lipinski definition) is 6. The summed E-state index contributed by atoms with van der Waals surface area (Å²) in [5, 5.41) is 12.8. The standard InChI is InChI=1S/C20H24N6OS/c27-20(22-9-5-12-25-13-10-21-11-14-25)18-23-19(17-8-4-15-28-17)26(24-18)16-6-2-1-3-7-16/h1-4,6-8,15,21H,5,9-14H2,(H,22,27). The Balaban J connectivity index is 1.43. The lowest BCUT2D eigenvalue weighted by Crippen LogP contribution is -2.44. The van der Waals surface area contributed by atoms with Gasteiger partial charge >= 0.3 is 0 Å². The molecule has 2 aromatic heterocycles. The summed E-state index contributed by atoms with van der Waals surface area (Å²) in [6, 6.07) is 13.7. The Hall–Kier alpha value is -2.55. The quantitative estimate of drug-likeness (QED) is 0.598. The van der Waals surface area contributed by atoms with Crippen LogP contribution in [-0.4, -0.2) is 64.8 Å². The van der Waals surface area contributed by atoms with Gasteiger partial charge in [-0.25, -0.2) is 9.67 Å². The van der Waals surface area contributed by atoms with Crippen LogP contribution >= 0.6 is 11.3 Å². The minimum atomic E-state index is -0.229. The first-order valence-corrected chi connectivity index (χ1v) is 10.5. The molecular weight excluding hydrogens is 372 g/mol. The lowest BCUT2D eigenvalue weighted by molar-refractivity contribution is 0.0941. The second-order valence-electron chi connectivity index (χ2n) is 6.68. The molecule has 1 aliphatic rings. The van der Waals surface area contributed by atoms with Gasteiger partial charge in [0.2, 0.25) is 5.82 Å². The predicted octanol–water partition coefficient (Wildman–Crippen LogP) is 2.02. The van der Waals surface area contributed by atoms with Crippen LogP contribution in [-0.2, 0) is 0 Å². The third kappa shape index (κ3) is 4.46. The van der Waals surface area contributed by atoms with Crippen molar-refractivity contribution < 1.29 is 4.79 Å². The minimum absolute atomic E-state index is 0.203. The summed E-state index contributed by atoms with van der Waals surface area (Å²) in [4.78, 5) is 20.5. The number of amides is 1. The predicted molar refractivity (Wildman–Crippen MR) is 111 cm³/mol. The maximum atomic E-state index is 12.6. The Morgan fingerprint density at radius 3 is 2.71 bits per heavy atom. The van der Waals surface area contributed by atoms with Crippen LogP contribution in [0.4, 0.5) is 0 Å². The maximum Gasteiger partial charge on any atom is 0.290 e. The molecule has 1 aliphatic heterocycles. The summed E-state index contributed by atoms with van der Waals surface area (Å²) in [6.07, 6.45) is 0.920. The van der Waals surface area contributed by atoms with Crippen molar-refractivity contribution in [3.8, 4) is 16.4 Å². The molecule has 0 bridgehead atoms. The van der Waals surface area contributed by atoms with Gasteiger partial charge in [-0.3, -0.25) is 4.79 Å². The van der Waals surface area contributed by atoms with Crippen LogP contribution in [0.2, 0.25) is 0 Å². The van der Waals surface area contributed by atoms with Crippen LogP contribution < -0.4 is 10.6 Å². The number of carbonyl (C=O) groups is 1. The topological polar surface area (TPSA) is 75.1 Å². The molecule has 1 amide bonds. The number of rotatable bonds is 7. The van der Waals surface area contributed by atoms with Gasteiger partial charge in [0.1, 0.15) is 0 Å². The first kappa shape index (κ1) is 18.8. The van der Waals surface area contributed by atoms with Gasteiger partial charge in [-0.1, -0.05) is 24.3 Å². The van der Waals surface area contributed by atoms with Crippen molar-refractivity contribution in [3.63, 3.8) is 0 Å². The summed E-state index contributed by atoms with van der Waals surface area (Å²) in [7, 11) is 0. The molecule has 28 heavy (non-hydrogen) atoms. The molecule has 2 N–H and O–H groups in total. The van der Waals surface area contributed by atoms with Crippen molar-refractivity contribution in [1.29, 1.82) is 0 Å². The molecule has 0 radical (unpaired) electrons. The van der Waals surface area contributed by atoms with Gasteiger partial charge in [0.25, 0.3) is 5.91 Å². The van der Waals surface area contributed by atoms with E-state index < -0.39 is 0 Å². The van der Waals surface area contributed by atoms with Crippen LogP contribution in [0.25, 0.3) is 16.4 Å². The SMILES string of the molecule is O=C(NCCCN1CCNCC1)c1nc(-c2cccs2)n(-c2ccccc2)n1. The van der Waals surface area contributed by atoms with E-state index >= 15 is 0 Å². The van der Waals surface area contributed by atoms with E-state index in [9.17, 15) is 4.79 Å². The first-order chi connectivity index (χ1) is 13.8. The molecule has 0 atom stereocenters. The Morgan fingerprint density at radius 2 is 1.96 bits per heavy atom. The third-order valence-corrected chi connectivity index (χ3v) is 5.56. The summed E-state index contributed by atoms with van der Waals surface area (Å²) < 4.78 is 1.74. The van der Waals surface area contributed by atoms with Crippen LogP contribution in [0, 0.1) is 0 Å². The summed E-state index contributed by atoms with van der Waals surface area (Å²) in [6.45, 7) is 5.84.